The zero-order valence-corrected chi connectivity index (χ0v) is 18.4. The molecule has 4 heterocycles. The summed E-state index contributed by atoms with van der Waals surface area (Å²) in [7, 11) is 0. The van der Waals surface area contributed by atoms with E-state index in [2.05, 4.69) is 25.5 Å². The number of pyridine rings is 2. The van der Waals surface area contributed by atoms with Crippen molar-refractivity contribution in [2.24, 2.45) is 5.92 Å². The predicted molar refractivity (Wildman–Crippen MR) is 124 cm³/mol. The van der Waals surface area contributed by atoms with Gasteiger partial charge < -0.3 is 10.1 Å². The topological polar surface area (TPSA) is 93.1 Å². The molecule has 1 aliphatic heterocycles. The van der Waals surface area contributed by atoms with Gasteiger partial charge in [-0.15, -0.1) is 12.4 Å². The summed E-state index contributed by atoms with van der Waals surface area (Å²) in [4.78, 5) is 22.9. The lowest BCUT2D eigenvalue weighted by Gasteiger charge is -2.35. The fourth-order valence-corrected chi connectivity index (χ4v) is 4.36. The summed E-state index contributed by atoms with van der Waals surface area (Å²) in [5.41, 5.74) is 1.63. The molecule has 1 saturated carbocycles. The summed E-state index contributed by atoms with van der Waals surface area (Å²) in [5.74, 6) is 2.05. The number of halogens is 1. The second-order valence-electron chi connectivity index (χ2n) is 8.21. The van der Waals surface area contributed by atoms with Crippen molar-refractivity contribution in [3.8, 4) is 11.1 Å². The van der Waals surface area contributed by atoms with Crippen LogP contribution in [-0.4, -0.2) is 44.9 Å². The number of amides is 1. The summed E-state index contributed by atoms with van der Waals surface area (Å²) in [6, 6.07) is 11.5. The molecule has 0 atom stereocenters. The van der Waals surface area contributed by atoms with Gasteiger partial charge in [-0.1, -0.05) is 6.07 Å². The van der Waals surface area contributed by atoms with Gasteiger partial charge in [0.1, 0.15) is 17.2 Å². The summed E-state index contributed by atoms with van der Waals surface area (Å²) in [6.07, 6.45) is 10.4. The number of aromatic nitrogens is 4. The fraction of sp³-hybridized carbons (Fsp3) is 0.348. The molecule has 3 aromatic rings. The normalized spacial score (nSPS) is 22.3. The van der Waals surface area contributed by atoms with Gasteiger partial charge in [-0.2, -0.15) is 10.2 Å². The van der Waals surface area contributed by atoms with Crippen LogP contribution in [0.2, 0.25) is 0 Å². The van der Waals surface area contributed by atoms with Gasteiger partial charge in [0.15, 0.2) is 0 Å². The number of carbonyl (C=O) groups is 1. The first-order valence-electron chi connectivity index (χ1n) is 10.6. The van der Waals surface area contributed by atoms with Gasteiger partial charge in [0.25, 0.3) is 0 Å². The average molecular weight is 453 g/mol. The largest absolute Gasteiger partial charge is 0.441 e. The molecule has 0 radical (unpaired) electrons. The first kappa shape index (κ1) is 22.0. The van der Waals surface area contributed by atoms with Crippen molar-refractivity contribution in [2.75, 3.05) is 23.3 Å². The highest BCUT2D eigenvalue weighted by atomic mass is 35.5. The molecule has 1 spiro atoms. The van der Waals surface area contributed by atoms with E-state index >= 15 is 0 Å². The third kappa shape index (κ3) is 4.65. The maximum Gasteiger partial charge on any atom is 0.416 e. The van der Waals surface area contributed by atoms with Crippen LogP contribution in [0.5, 0.6) is 0 Å². The van der Waals surface area contributed by atoms with Gasteiger partial charge in [0.05, 0.1) is 18.9 Å². The van der Waals surface area contributed by atoms with E-state index in [-0.39, 0.29) is 24.1 Å². The SMILES string of the molecule is Cl.O=C1O[C@]2(CC[C@H](CNc3ccc(-c4ccnnc4)cn3)CC2)CN1c1ccccn1. The molecule has 1 saturated heterocycles. The summed E-state index contributed by atoms with van der Waals surface area (Å²) >= 11 is 0. The Bertz CT molecular complexity index is 1030. The van der Waals surface area contributed by atoms with Crippen molar-refractivity contribution < 1.29 is 9.53 Å². The van der Waals surface area contributed by atoms with Crippen molar-refractivity contribution in [1.82, 2.24) is 20.2 Å². The summed E-state index contributed by atoms with van der Waals surface area (Å²) in [6.45, 7) is 1.44. The number of nitrogens with zero attached hydrogens (tertiary/aromatic N) is 5. The fourth-order valence-electron chi connectivity index (χ4n) is 4.36. The Labute approximate surface area is 192 Å². The van der Waals surface area contributed by atoms with Crippen LogP contribution in [0.1, 0.15) is 25.7 Å². The Morgan fingerprint density at radius 1 is 1.00 bits per heavy atom. The van der Waals surface area contributed by atoms with Crippen LogP contribution in [0.4, 0.5) is 16.4 Å². The summed E-state index contributed by atoms with van der Waals surface area (Å²) in [5, 5.41) is 11.2. The molecule has 0 aromatic carbocycles. The molecule has 32 heavy (non-hydrogen) atoms. The Hall–Kier alpha value is -3.26. The van der Waals surface area contributed by atoms with Gasteiger partial charge in [0, 0.05) is 30.1 Å². The highest BCUT2D eigenvalue weighted by Gasteiger charge is 2.47. The maximum absolute atomic E-state index is 12.4. The van der Waals surface area contributed by atoms with E-state index in [1.165, 1.54) is 0 Å². The second-order valence-corrected chi connectivity index (χ2v) is 8.21. The lowest BCUT2D eigenvalue weighted by atomic mass is 9.78. The molecule has 0 unspecified atom stereocenters. The van der Waals surface area contributed by atoms with Crippen LogP contribution in [-0.2, 0) is 4.74 Å². The van der Waals surface area contributed by atoms with Crippen molar-refractivity contribution >= 4 is 30.1 Å². The molecule has 5 rings (SSSR count). The third-order valence-corrected chi connectivity index (χ3v) is 6.17. The van der Waals surface area contributed by atoms with Crippen LogP contribution in [0, 0.1) is 5.92 Å². The molecule has 1 amide bonds. The Morgan fingerprint density at radius 2 is 1.84 bits per heavy atom. The first-order valence-corrected chi connectivity index (χ1v) is 10.6. The molecule has 0 bridgehead atoms. The third-order valence-electron chi connectivity index (χ3n) is 6.17. The van der Waals surface area contributed by atoms with Crippen LogP contribution in [0.3, 0.4) is 0 Å². The molecule has 2 aliphatic rings. The molecule has 3 aromatic heterocycles. The summed E-state index contributed by atoms with van der Waals surface area (Å²) < 4.78 is 5.83. The van der Waals surface area contributed by atoms with Crippen molar-refractivity contribution in [3.63, 3.8) is 0 Å². The zero-order chi connectivity index (χ0) is 21.1. The number of hydrogen-bond acceptors (Lipinski definition) is 7. The van der Waals surface area contributed by atoms with Gasteiger partial charge in [-0.05, 0) is 61.9 Å². The molecule has 166 valence electrons. The van der Waals surface area contributed by atoms with Crippen molar-refractivity contribution in [2.45, 2.75) is 31.3 Å². The lowest BCUT2D eigenvalue weighted by molar-refractivity contribution is 0.0148. The lowest BCUT2D eigenvalue weighted by Crippen LogP contribution is -2.39. The average Bonchev–Trinajstić information content (AvgIpc) is 3.16. The van der Waals surface area contributed by atoms with E-state index in [4.69, 9.17) is 4.74 Å². The minimum atomic E-state index is -0.385. The van der Waals surface area contributed by atoms with E-state index < -0.39 is 0 Å². The smallest absolute Gasteiger partial charge is 0.416 e. The van der Waals surface area contributed by atoms with E-state index in [1.54, 1.807) is 23.5 Å². The van der Waals surface area contributed by atoms with Crippen LogP contribution in [0.25, 0.3) is 11.1 Å². The quantitative estimate of drug-likeness (QED) is 0.614. The standard InChI is InChI=1S/C23H24N6O2.ClH/c30-22-29(21-3-1-2-11-24-21)16-23(31-22)9-6-17(7-10-23)13-25-20-5-4-18(14-26-20)19-8-12-27-28-15-19;/h1-5,8,11-12,14-15,17H,6-7,9-10,13,16H2,(H,25,26);1H/t17-,23-;. The zero-order valence-electron chi connectivity index (χ0n) is 17.6. The number of nitrogens with one attached hydrogen (secondary N) is 1. The highest BCUT2D eigenvalue weighted by Crippen LogP contribution is 2.40. The van der Waals surface area contributed by atoms with Gasteiger partial charge >= 0.3 is 6.09 Å². The molecule has 9 heteroatoms. The predicted octanol–water partition coefficient (Wildman–Crippen LogP) is 4.35. The maximum atomic E-state index is 12.4. The monoisotopic (exact) mass is 452 g/mol. The number of ether oxygens (including phenoxy) is 1. The minimum absolute atomic E-state index is 0. The molecule has 8 nitrogen and oxygen atoms in total. The number of rotatable bonds is 5. The number of carbonyl (C=O) groups excluding carboxylic acids is 1. The molecular formula is C23H25ClN6O2. The van der Waals surface area contributed by atoms with Crippen LogP contribution in [0.15, 0.2) is 61.2 Å². The van der Waals surface area contributed by atoms with Gasteiger partial charge in [-0.3, -0.25) is 4.90 Å². The van der Waals surface area contributed by atoms with E-state index in [0.29, 0.717) is 18.3 Å². The highest BCUT2D eigenvalue weighted by molar-refractivity contribution is 5.89. The van der Waals surface area contributed by atoms with E-state index in [0.717, 1.165) is 49.2 Å². The Morgan fingerprint density at radius 3 is 2.53 bits per heavy atom. The first-order chi connectivity index (χ1) is 15.2. The van der Waals surface area contributed by atoms with Crippen molar-refractivity contribution in [1.29, 1.82) is 0 Å². The number of hydrogen-bond donors (Lipinski definition) is 1. The molecule has 1 aliphatic carbocycles. The van der Waals surface area contributed by atoms with Crippen LogP contribution >= 0.6 is 12.4 Å². The number of anilines is 2. The Balaban J connectivity index is 0.00000245. The van der Waals surface area contributed by atoms with E-state index in [9.17, 15) is 4.79 Å². The molecular weight excluding hydrogens is 428 g/mol. The van der Waals surface area contributed by atoms with Crippen LogP contribution < -0.4 is 10.2 Å². The van der Waals surface area contributed by atoms with Gasteiger partial charge in [-0.25, -0.2) is 14.8 Å². The molecule has 1 N–H and O–H groups in total. The van der Waals surface area contributed by atoms with Gasteiger partial charge in [0.2, 0.25) is 0 Å². The minimum Gasteiger partial charge on any atom is -0.441 e. The second kappa shape index (κ2) is 9.48. The van der Waals surface area contributed by atoms with Crippen molar-refractivity contribution in [3.05, 3.63) is 61.2 Å². The van der Waals surface area contributed by atoms with E-state index in [1.807, 2.05) is 42.6 Å². The Kier molecular flexibility index (Phi) is 6.50. The molecule has 2 fully saturated rings.